The van der Waals surface area contributed by atoms with Gasteiger partial charge in [-0.1, -0.05) is 12.1 Å². The van der Waals surface area contributed by atoms with Gasteiger partial charge >= 0.3 is 0 Å². The van der Waals surface area contributed by atoms with E-state index < -0.39 is 0 Å². The van der Waals surface area contributed by atoms with Crippen molar-refractivity contribution in [3.63, 3.8) is 0 Å². The molecular formula is C20H24N4O2. The lowest BCUT2D eigenvalue weighted by molar-refractivity contribution is -0.120. The van der Waals surface area contributed by atoms with Gasteiger partial charge in [-0.25, -0.2) is 4.98 Å². The number of rotatable bonds is 6. The van der Waals surface area contributed by atoms with Crippen molar-refractivity contribution in [1.82, 2.24) is 10.3 Å². The standard InChI is InChI=1S/C20H24N4O2/c1-15(25)23-18-6-4-16(5-7-18)13-20(26)22-14-17-8-9-21-19(12-17)24-10-2-3-11-24/h4-9,12H,2-3,10-11,13-14H2,1H3,(H,22,26)(H,23,25). The van der Waals surface area contributed by atoms with Gasteiger partial charge < -0.3 is 15.5 Å². The molecule has 1 saturated heterocycles. The first-order valence-corrected chi connectivity index (χ1v) is 8.93. The number of aromatic nitrogens is 1. The van der Waals surface area contributed by atoms with Crippen LogP contribution < -0.4 is 15.5 Å². The summed E-state index contributed by atoms with van der Waals surface area (Å²) in [4.78, 5) is 29.9. The quantitative estimate of drug-likeness (QED) is 0.838. The van der Waals surface area contributed by atoms with Crippen LogP contribution in [0.4, 0.5) is 11.5 Å². The van der Waals surface area contributed by atoms with E-state index in [9.17, 15) is 9.59 Å². The largest absolute Gasteiger partial charge is 0.357 e. The molecule has 3 rings (SSSR count). The molecule has 6 heteroatoms. The SMILES string of the molecule is CC(=O)Nc1ccc(CC(=O)NCc2ccnc(N3CCCC3)c2)cc1. The number of benzene rings is 1. The fourth-order valence-corrected chi connectivity index (χ4v) is 3.05. The zero-order valence-corrected chi connectivity index (χ0v) is 15.0. The summed E-state index contributed by atoms with van der Waals surface area (Å²) in [5.41, 5.74) is 2.69. The Bertz CT molecular complexity index is 768. The van der Waals surface area contributed by atoms with E-state index in [1.54, 1.807) is 18.3 Å². The van der Waals surface area contributed by atoms with Gasteiger partial charge in [-0.15, -0.1) is 0 Å². The van der Waals surface area contributed by atoms with Crippen LogP contribution in [0.15, 0.2) is 42.6 Å². The van der Waals surface area contributed by atoms with Crippen molar-refractivity contribution in [3.05, 3.63) is 53.7 Å². The molecule has 2 N–H and O–H groups in total. The van der Waals surface area contributed by atoms with Crippen LogP contribution in [0.25, 0.3) is 0 Å². The minimum atomic E-state index is -0.110. The Morgan fingerprint density at radius 2 is 1.81 bits per heavy atom. The van der Waals surface area contributed by atoms with Crippen molar-refractivity contribution in [2.45, 2.75) is 32.7 Å². The molecule has 2 heterocycles. The molecule has 2 amide bonds. The molecule has 0 aliphatic carbocycles. The second-order valence-corrected chi connectivity index (χ2v) is 6.55. The van der Waals surface area contributed by atoms with Crippen LogP contribution in [0.3, 0.4) is 0 Å². The predicted octanol–water partition coefficient (Wildman–Crippen LogP) is 2.50. The Labute approximate surface area is 153 Å². The third-order valence-corrected chi connectivity index (χ3v) is 4.37. The first-order chi connectivity index (χ1) is 12.6. The normalized spacial score (nSPS) is 13.5. The van der Waals surface area contributed by atoms with Crippen molar-refractivity contribution < 1.29 is 9.59 Å². The Morgan fingerprint density at radius 1 is 1.08 bits per heavy atom. The number of carbonyl (C=O) groups excluding carboxylic acids is 2. The maximum atomic E-state index is 12.2. The molecular weight excluding hydrogens is 328 g/mol. The summed E-state index contributed by atoms with van der Waals surface area (Å²) in [7, 11) is 0. The first kappa shape index (κ1) is 17.9. The molecule has 0 radical (unpaired) electrons. The lowest BCUT2D eigenvalue weighted by atomic mass is 10.1. The summed E-state index contributed by atoms with van der Waals surface area (Å²) in [5, 5.41) is 5.67. The van der Waals surface area contributed by atoms with E-state index in [2.05, 4.69) is 20.5 Å². The first-order valence-electron chi connectivity index (χ1n) is 8.93. The Kier molecular flexibility index (Phi) is 5.84. The highest BCUT2D eigenvalue weighted by Crippen LogP contribution is 2.18. The Hall–Kier alpha value is -2.89. The van der Waals surface area contributed by atoms with Gasteiger partial charge in [0.15, 0.2) is 0 Å². The molecule has 0 saturated carbocycles. The highest BCUT2D eigenvalue weighted by molar-refractivity contribution is 5.88. The smallest absolute Gasteiger partial charge is 0.224 e. The maximum absolute atomic E-state index is 12.2. The molecule has 0 atom stereocenters. The maximum Gasteiger partial charge on any atom is 0.224 e. The van der Waals surface area contributed by atoms with Crippen molar-refractivity contribution >= 4 is 23.3 Å². The van der Waals surface area contributed by atoms with Gasteiger partial charge in [0.05, 0.1) is 6.42 Å². The van der Waals surface area contributed by atoms with Crippen LogP contribution in [0.1, 0.15) is 30.9 Å². The number of anilines is 2. The van der Waals surface area contributed by atoms with E-state index >= 15 is 0 Å². The van der Waals surface area contributed by atoms with Gasteiger partial charge in [0.25, 0.3) is 0 Å². The van der Waals surface area contributed by atoms with E-state index in [-0.39, 0.29) is 11.8 Å². The van der Waals surface area contributed by atoms with E-state index in [1.807, 2.05) is 24.3 Å². The molecule has 26 heavy (non-hydrogen) atoms. The van der Waals surface area contributed by atoms with Gasteiger partial charge in [0.1, 0.15) is 5.82 Å². The molecule has 0 spiro atoms. The molecule has 136 valence electrons. The van der Waals surface area contributed by atoms with Crippen LogP contribution in [0.5, 0.6) is 0 Å². The average molecular weight is 352 g/mol. The third-order valence-electron chi connectivity index (χ3n) is 4.37. The minimum absolute atomic E-state index is 0.0307. The summed E-state index contributed by atoms with van der Waals surface area (Å²) >= 11 is 0. The highest BCUT2D eigenvalue weighted by Gasteiger charge is 2.13. The molecule has 1 aromatic heterocycles. The summed E-state index contributed by atoms with van der Waals surface area (Å²) < 4.78 is 0. The van der Waals surface area contributed by atoms with Crippen LogP contribution in [0, 0.1) is 0 Å². The summed E-state index contributed by atoms with van der Waals surface area (Å²) in [6.07, 6.45) is 4.53. The van der Waals surface area contributed by atoms with Gasteiger partial charge in [0.2, 0.25) is 11.8 Å². The zero-order chi connectivity index (χ0) is 18.4. The molecule has 1 aliphatic rings. The lowest BCUT2D eigenvalue weighted by Crippen LogP contribution is -2.25. The summed E-state index contributed by atoms with van der Waals surface area (Å²) in [5.74, 6) is 0.848. The number of nitrogens with zero attached hydrogens (tertiary/aromatic N) is 2. The van der Waals surface area contributed by atoms with Crippen molar-refractivity contribution in [2.24, 2.45) is 0 Å². The molecule has 6 nitrogen and oxygen atoms in total. The van der Waals surface area contributed by atoms with Crippen LogP contribution >= 0.6 is 0 Å². The molecule has 0 bridgehead atoms. The monoisotopic (exact) mass is 352 g/mol. The second kappa shape index (κ2) is 8.47. The Balaban J connectivity index is 1.51. The van der Waals surface area contributed by atoms with Crippen LogP contribution in [0.2, 0.25) is 0 Å². The molecule has 1 aromatic carbocycles. The number of carbonyl (C=O) groups is 2. The van der Waals surface area contributed by atoms with E-state index in [1.165, 1.54) is 19.8 Å². The van der Waals surface area contributed by atoms with Gasteiger partial charge in [0, 0.05) is 38.4 Å². The van der Waals surface area contributed by atoms with Crippen molar-refractivity contribution in [2.75, 3.05) is 23.3 Å². The number of hydrogen-bond acceptors (Lipinski definition) is 4. The summed E-state index contributed by atoms with van der Waals surface area (Å²) in [6, 6.07) is 11.3. The molecule has 2 aromatic rings. The Morgan fingerprint density at radius 3 is 2.50 bits per heavy atom. The van der Waals surface area contributed by atoms with Gasteiger partial charge in [-0.3, -0.25) is 9.59 Å². The topological polar surface area (TPSA) is 74.3 Å². The number of amides is 2. The number of pyridine rings is 1. The number of nitrogens with one attached hydrogen (secondary N) is 2. The molecule has 1 fully saturated rings. The van der Waals surface area contributed by atoms with E-state index in [0.29, 0.717) is 13.0 Å². The highest BCUT2D eigenvalue weighted by atomic mass is 16.2. The van der Waals surface area contributed by atoms with E-state index in [4.69, 9.17) is 0 Å². The average Bonchev–Trinajstić information content (AvgIpc) is 3.16. The fraction of sp³-hybridized carbons (Fsp3) is 0.350. The zero-order valence-electron chi connectivity index (χ0n) is 15.0. The lowest BCUT2D eigenvalue weighted by Gasteiger charge is -2.17. The predicted molar refractivity (Wildman–Crippen MR) is 102 cm³/mol. The van der Waals surface area contributed by atoms with Crippen molar-refractivity contribution in [1.29, 1.82) is 0 Å². The third kappa shape index (κ3) is 5.05. The van der Waals surface area contributed by atoms with Crippen LogP contribution in [-0.2, 0) is 22.6 Å². The second-order valence-electron chi connectivity index (χ2n) is 6.55. The summed E-state index contributed by atoms with van der Waals surface area (Å²) in [6.45, 7) is 4.07. The minimum Gasteiger partial charge on any atom is -0.357 e. The van der Waals surface area contributed by atoms with E-state index in [0.717, 1.165) is 35.7 Å². The van der Waals surface area contributed by atoms with Gasteiger partial charge in [-0.2, -0.15) is 0 Å². The fourth-order valence-electron chi connectivity index (χ4n) is 3.05. The number of hydrogen-bond donors (Lipinski definition) is 2. The van der Waals surface area contributed by atoms with Crippen LogP contribution in [-0.4, -0.2) is 29.9 Å². The molecule has 0 unspecified atom stereocenters. The molecule has 1 aliphatic heterocycles. The van der Waals surface area contributed by atoms with Gasteiger partial charge in [-0.05, 0) is 48.2 Å². The van der Waals surface area contributed by atoms with Crippen molar-refractivity contribution in [3.8, 4) is 0 Å².